The fourth-order valence-corrected chi connectivity index (χ4v) is 1.81. The zero-order chi connectivity index (χ0) is 12.8. The summed E-state index contributed by atoms with van der Waals surface area (Å²) in [6.07, 6.45) is 3.85. The number of ether oxygens (including phenoxy) is 1. The van der Waals surface area contributed by atoms with E-state index in [1.807, 2.05) is 42.2 Å². The Hall–Kier alpha value is -1.88. The van der Waals surface area contributed by atoms with E-state index in [2.05, 4.69) is 15.6 Å². The number of hydrogen-bond donors (Lipinski definition) is 1. The van der Waals surface area contributed by atoms with E-state index in [0.29, 0.717) is 0 Å². The maximum absolute atomic E-state index is 5.14. The van der Waals surface area contributed by atoms with Gasteiger partial charge in [0, 0.05) is 0 Å². The molecule has 0 bridgehead atoms. The first-order chi connectivity index (χ1) is 8.85. The summed E-state index contributed by atoms with van der Waals surface area (Å²) in [4.78, 5) is 0. The third-order valence-electron chi connectivity index (χ3n) is 2.80. The second kappa shape index (κ2) is 6.16. The summed E-state index contributed by atoms with van der Waals surface area (Å²) in [6.45, 7) is 0.994. The average molecular weight is 246 g/mol. The molecule has 0 aliphatic rings. The van der Waals surface area contributed by atoms with Gasteiger partial charge in [-0.25, -0.2) is 4.68 Å². The maximum atomic E-state index is 5.14. The van der Waals surface area contributed by atoms with Crippen LogP contribution in [0.25, 0.3) is 5.69 Å². The van der Waals surface area contributed by atoms with Crippen LogP contribution in [-0.4, -0.2) is 35.7 Å². The fraction of sp³-hybridized carbons (Fsp3) is 0.385. The van der Waals surface area contributed by atoms with Crippen LogP contribution in [0.5, 0.6) is 5.75 Å². The molecule has 1 N–H and O–H groups in total. The lowest BCUT2D eigenvalue weighted by Crippen LogP contribution is -2.10. The van der Waals surface area contributed by atoms with Crippen molar-refractivity contribution >= 4 is 0 Å². The monoisotopic (exact) mass is 246 g/mol. The van der Waals surface area contributed by atoms with Crippen LogP contribution in [-0.2, 0) is 6.42 Å². The van der Waals surface area contributed by atoms with E-state index < -0.39 is 0 Å². The van der Waals surface area contributed by atoms with Gasteiger partial charge < -0.3 is 10.1 Å². The number of hydrogen-bond acceptors (Lipinski definition) is 4. The largest absolute Gasteiger partial charge is 0.497 e. The van der Waals surface area contributed by atoms with Gasteiger partial charge in [0.15, 0.2) is 0 Å². The number of benzene rings is 1. The molecule has 0 saturated heterocycles. The molecule has 2 rings (SSSR count). The van der Waals surface area contributed by atoms with Crippen molar-refractivity contribution in [3.05, 3.63) is 36.2 Å². The van der Waals surface area contributed by atoms with Crippen molar-refractivity contribution in [2.45, 2.75) is 12.8 Å². The lowest BCUT2D eigenvalue weighted by molar-refractivity contribution is 0.414. The summed E-state index contributed by atoms with van der Waals surface area (Å²) >= 11 is 0. The van der Waals surface area contributed by atoms with Gasteiger partial charge >= 0.3 is 0 Å². The molecule has 1 heterocycles. The third-order valence-corrected chi connectivity index (χ3v) is 2.80. The number of methoxy groups -OCH3 is 1. The maximum Gasteiger partial charge on any atom is 0.119 e. The molecular formula is C13H18N4O. The molecule has 5 heteroatoms. The first-order valence-corrected chi connectivity index (χ1v) is 6.03. The van der Waals surface area contributed by atoms with Gasteiger partial charge in [0.05, 0.1) is 24.7 Å². The highest BCUT2D eigenvalue weighted by molar-refractivity contribution is 5.37. The van der Waals surface area contributed by atoms with E-state index in [4.69, 9.17) is 4.74 Å². The summed E-state index contributed by atoms with van der Waals surface area (Å²) in [6, 6.07) is 7.81. The molecule has 1 aromatic heterocycles. The van der Waals surface area contributed by atoms with E-state index in [1.165, 1.54) is 0 Å². The Morgan fingerprint density at radius 1 is 1.28 bits per heavy atom. The number of nitrogens with zero attached hydrogens (tertiary/aromatic N) is 3. The Bertz CT molecular complexity index is 478. The summed E-state index contributed by atoms with van der Waals surface area (Å²) in [5, 5.41) is 11.2. The Morgan fingerprint density at radius 2 is 2.06 bits per heavy atom. The highest BCUT2D eigenvalue weighted by Crippen LogP contribution is 2.15. The van der Waals surface area contributed by atoms with Crippen LogP contribution in [0.15, 0.2) is 30.5 Å². The van der Waals surface area contributed by atoms with Gasteiger partial charge in [0.25, 0.3) is 0 Å². The molecule has 5 nitrogen and oxygen atoms in total. The average Bonchev–Trinajstić information content (AvgIpc) is 2.88. The molecule has 1 aromatic carbocycles. The van der Waals surface area contributed by atoms with Crippen LogP contribution in [0.4, 0.5) is 0 Å². The van der Waals surface area contributed by atoms with Gasteiger partial charge in [-0.05, 0) is 50.7 Å². The van der Waals surface area contributed by atoms with E-state index in [1.54, 1.807) is 7.11 Å². The minimum absolute atomic E-state index is 0.843. The minimum atomic E-state index is 0.843. The summed E-state index contributed by atoms with van der Waals surface area (Å²) in [5.41, 5.74) is 2.13. The second-order valence-corrected chi connectivity index (χ2v) is 4.04. The Labute approximate surface area is 107 Å². The van der Waals surface area contributed by atoms with Gasteiger partial charge in [-0.1, -0.05) is 5.21 Å². The van der Waals surface area contributed by atoms with Crippen molar-refractivity contribution in [3.63, 3.8) is 0 Å². The van der Waals surface area contributed by atoms with Gasteiger partial charge in [0.1, 0.15) is 5.75 Å². The molecule has 0 aliphatic carbocycles. The molecule has 0 fully saturated rings. The van der Waals surface area contributed by atoms with Crippen LogP contribution < -0.4 is 10.1 Å². The van der Waals surface area contributed by atoms with Gasteiger partial charge in [-0.15, -0.1) is 5.10 Å². The van der Waals surface area contributed by atoms with E-state index in [9.17, 15) is 0 Å². The molecule has 0 unspecified atom stereocenters. The van der Waals surface area contributed by atoms with Crippen molar-refractivity contribution in [1.82, 2.24) is 20.3 Å². The summed E-state index contributed by atoms with van der Waals surface area (Å²) in [5.74, 6) is 0.843. The van der Waals surface area contributed by atoms with E-state index in [-0.39, 0.29) is 0 Å². The lowest BCUT2D eigenvalue weighted by Gasteiger charge is -2.07. The van der Waals surface area contributed by atoms with Gasteiger partial charge in [-0.3, -0.25) is 0 Å². The van der Waals surface area contributed by atoms with Crippen molar-refractivity contribution in [3.8, 4) is 11.4 Å². The van der Waals surface area contributed by atoms with Crippen LogP contribution >= 0.6 is 0 Å². The van der Waals surface area contributed by atoms with Crippen molar-refractivity contribution < 1.29 is 4.74 Å². The lowest BCUT2D eigenvalue weighted by atomic mass is 10.2. The first-order valence-electron chi connectivity index (χ1n) is 6.03. The predicted molar refractivity (Wildman–Crippen MR) is 70.2 cm³/mol. The normalized spacial score (nSPS) is 10.6. The highest BCUT2D eigenvalue weighted by atomic mass is 16.5. The van der Waals surface area contributed by atoms with E-state index in [0.717, 1.165) is 36.5 Å². The van der Waals surface area contributed by atoms with Crippen LogP contribution in [0.1, 0.15) is 12.1 Å². The molecule has 2 aromatic rings. The standard InChI is InChI=1S/C13H18N4O/c1-14-9-3-4-12-10-15-16-17(12)11-5-7-13(18-2)8-6-11/h5-8,10,14H,3-4,9H2,1-2H3. The van der Waals surface area contributed by atoms with Crippen LogP contribution in [0.2, 0.25) is 0 Å². The fourth-order valence-electron chi connectivity index (χ4n) is 1.81. The first kappa shape index (κ1) is 12.6. The number of nitrogens with one attached hydrogen (secondary N) is 1. The number of aromatic nitrogens is 3. The van der Waals surface area contributed by atoms with Gasteiger partial charge in [-0.2, -0.15) is 0 Å². The van der Waals surface area contributed by atoms with E-state index >= 15 is 0 Å². The molecule has 0 spiro atoms. The minimum Gasteiger partial charge on any atom is -0.497 e. The second-order valence-electron chi connectivity index (χ2n) is 4.04. The SMILES string of the molecule is CNCCCc1cnnn1-c1ccc(OC)cc1. The van der Waals surface area contributed by atoms with Crippen LogP contribution in [0, 0.1) is 0 Å². The Balaban J connectivity index is 2.14. The van der Waals surface area contributed by atoms with Crippen molar-refractivity contribution in [2.75, 3.05) is 20.7 Å². The van der Waals surface area contributed by atoms with Crippen molar-refractivity contribution in [2.24, 2.45) is 0 Å². The Kier molecular flexibility index (Phi) is 4.30. The van der Waals surface area contributed by atoms with Gasteiger partial charge in [0.2, 0.25) is 0 Å². The highest BCUT2D eigenvalue weighted by Gasteiger charge is 2.05. The topological polar surface area (TPSA) is 52.0 Å². The quantitative estimate of drug-likeness (QED) is 0.783. The summed E-state index contributed by atoms with van der Waals surface area (Å²) < 4.78 is 7.01. The Morgan fingerprint density at radius 3 is 2.72 bits per heavy atom. The molecule has 0 atom stereocenters. The van der Waals surface area contributed by atoms with Crippen LogP contribution in [0.3, 0.4) is 0 Å². The van der Waals surface area contributed by atoms with Crippen molar-refractivity contribution in [1.29, 1.82) is 0 Å². The molecule has 0 radical (unpaired) electrons. The number of rotatable bonds is 6. The smallest absolute Gasteiger partial charge is 0.119 e. The zero-order valence-electron chi connectivity index (χ0n) is 10.8. The molecule has 0 aliphatic heterocycles. The molecule has 18 heavy (non-hydrogen) atoms. The molecular weight excluding hydrogens is 228 g/mol. The third kappa shape index (κ3) is 2.87. The summed E-state index contributed by atoms with van der Waals surface area (Å²) in [7, 11) is 3.62. The molecule has 0 amide bonds. The molecule has 0 saturated carbocycles. The molecule has 96 valence electrons. The number of aryl methyl sites for hydroxylation is 1. The predicted octanol–water partition coefficient (Wildman–Crippen LogP) is 1.43. The zero-order valence-corrected chi connectivity index (χ0v) is 10.8.